The molecule has 14 aliphatic rings. The Morgan fingerprint density at radius 2 is 0.333 bits per heavy atom. The van der Waals surface area contributed by atoms with Gasteiger partial charge in [0.15, 0.2) is 0 Å². The molecular formula is C112H248N14. The van der Waals surface area contributed by atoms with Crippen molar-refractivity contribution in [1.29, 1.82) is 0 Å². The van der Waals surface area contributed by atoms with Crippen LogP contribution in [0.3, 0.4) is 0 Å². The van der Waals surface area contributed by atoms with Crippen molar-refractivity contribution in [2.75, 3.05) is 183 Å². The molecule has 1 atom stereocenters. The molecular weight excluding hydrogens is 1540 g/mol. The summed E-state index contributed by atoms with van der Waals surface area (Å²) in [6, 6.07) is 0. The molecule has 0 aromatic heterocycles. The summed E-state index contributed by atoms with van der Waals surface area (Å²) in [7, 11) is 0. The van der Waals surface area contributed by atoms with Gasteiger partial charge in [-0.2, -0.15) is 0 Å². The first kappa shape index (κ1) is 134. The Morgan fingerprint density at radius 1 is 0.167 bits per heavy atom. The normalized spacial score (nSPS) is 24.6. The van der Waals surface area contributed by atoms with Crippen LogP contribution in [-0.4, -0.2) is 288 Å². The molecule has 766 valence electrons. The average molecular weight is 1790 g/mol. The van der Waals surface area contributed by atoms with E-state index in [0.29, 0.717) is 93.3 Å². The molecule has 0 bridgehead atoms. The Kier molecular flexibility index (Phi) is 56.8. The van der Waals surface area contributed by atoms with Gasteiger partial charge in [0.25, 0.3) is 0 Å². The quantitative estimate of drug-likeness (QED) is 0.186. The minimum atomic E-state index is 0. The SMILES string of the molecule is C.C.C.C.C.C.C.C.CC(C)(C)N1CC2(C1)CN(C(C)(C)C)C2.CC(C)(C)N1CC2(CCCNC2)C1.CC(C)(C)N1CC2(CCNC2)C1.CC(C)(C)N1CCC2(CC1)CN(C(C)(C)C)C2.CC(C)(C)N1CCC2(CCN(C(C)(C)C)C2)C1.CC(C)(C)N1CCC2(CCNC2)CC1.CC(C)(C)N1CCCC2(CCNC2)C1.CC(C)C.CC(C)C.CC(C)C.CC(C)C. The molecule has 14 aliphatic heterocycles. The highest BCUT2D eigenvalue weighted by Gasteiger charge is 2.57. The molecule has 14 saturated heterocycles. The Bertz CT molecular complexity index is 2630. The van der Waals surface area contributed by atoms with Crippen LogP contribution in [0.15, 0.2) is 0 Å². The van der Waals surface area contributed by atoms with Gasteiger partial charge in [0.05, 0.1) is 0 Å². The lowest BCUT2D eigenvalue weighted by atomic mass is 9.69. The molecule has 14 heterocycles. The van der Waals surface area contributed by atoms with Crippen LogP contribution in [-0.2, 0) is 0 Å². The third-order valence-corrected chi connectivity index (χ3v) is 28.5. The zero-order valence-corrected chi connectivity index (χ0v) is 88.3. The van der Waals surface area contributed by atoms with Crippen molar-refractivity contribution < 1.29 is 0 Å². The maximum atomic E-state index is 3.53. The lowest BCUT2D eigenvalue weighted by Gasteiger charge is -2.66. The molecule has 0 aliphatic carbocycles. The number of hydrogen-bond donors (Lipinski definition) is 4. The Morgan fingerprint density at radius 3 is 0.556 bits per heavy atom. The van der Waals surface area contributed by atoms with Gasteiger partial charge in [-0.1, -0.05) is 142 Å². The standard InChI is InChI=1S/2C15H30N2.C13H26N2.2C12H24N2.C11H22N2.C10H20N2.4C4H10.8CH4/c1-13(2,3)16-9-7-15(11-16)8-10-17(12-15)14(4,5)6;1-13(2,3)16-9-7-15(8-10-16)11-17(12-15)14(4,5)6;1-11(2,3)14-7-13(8-14)9-15(10-13)12(4,5)6;1-11(2,3)14-8-5-12(6-9-14)4-7-13-10-12;1-11(2,3)14-8-4-5-12(10-14)6-7-13-9-12;1-10(2,3)13-8-11(9-13)5-4-6-12-7-11;1-9(2,3)12-7-10(8-12)4-5-11-6-10;4*1-4(2)3;;;;;;;;/h2*7-12H2,1-6H3;7-10H2,1-6H3;2*13H,4-10H2,1-3H3;12H,4-9H2,1-3H3;11H,4-8H2,1-3H3;4*4H,1-3H3;8*1H4. The summed E-state index contributed by atoms with van der Waals surface area (Å²) in [6.07, 6.45) is 18.2. The smallest absolute Gasteiger partial charge is 0.0213 e. The molecule has 14 fully saturated rings. The molecule has 14 heteroatoms. The predicted octanol–water partition coefficient (Wildman–Crippen LogP) is 26.2. The summed E-state index contributed by atoms with van der Waals surface area (Å²) < 4.78 is 0. The molecule has 0 radical (unpaired) electrons. The second-order valence-corrected chi connectivity index (χ2v) is 54.3. The molecule has 126 heavy (non-hydrogen) atoms. The van der Waals surface area contributed by atoms with Crippen LogP contribution >= 0.6 is 0 Å². The van der Waals surface area contributed by atoms with Crippen molar-refractivity contribution in [3.05, 3.63) is 0 Å². The van der Waals surface area contributed by atoms with Gasteiger partial charge >= 0.3 is 0 Å². The van der Waals surface area contributed by atoms with Crippen molar-refractivity contribution in [3.8, 4) is 0 Å². The van der Waals surface area contributed by atoms with Crippen molar-refractivity contribution in [1.82, 2.24) is 70.3 Å². The number of hydrogen-bond acceptors (Lipinski definition) is 14. The predicted molar refractivity (Wildman–Crippen MR) is 578 cm³/mol. The molecule has 0 saturated carbocycles. The number of nitrogens with zero attached hydrogens (tertiary/aromatic N) is 10. The summed E-state index contributed by atoms with van der Waals surface area (Å²) >= 11 is 0. The summed E-state index contributed by atoms with van der Waals surface area (Å²) in [5.41, 5.74) is 8.14. The van der Waals surface area contributed by atoms with Crippen LogP contribution < -0.4 is 21.3 Å². The minimum Gasteiger partial charge on any atom is -0.316 e. The van der Waals surface area contributed by atoms with Gasteiger partial charge in [-0.15, -0.1) is 0 Å². The van der Waals surface area contributed by atoms with Gasteiger partial charge in [-0.25, -0.2) is 0 Å². The van der Waals surface area contributed by atoms with Crippen LogP contribution in [0.4, 0.5) is 0 Å². The molecule has 0 aromatic carbocycles. The maximum Gasteiger partial charge on any atom is 0.0213 e. The van der Waals surface area contributed by atoms with Gasteiger partial charge in [0.2, 0.25) is 0 Å². The van der Waals surface area contributed by atoms with E-state index in [4.69, 9.17) is 0 Å². The van der Waals surface area contributed by atoms with E-state index in [1.807, 2.05) is 0 Å². The van der Waals surface area contributed by atoms with Crippen molar-refractivity contribution in [2.24, 2.45) is 61.6 Å². The van der Waals surface area contributed by atoms with Crippen LogP contribution in [0.2, 0.25) is 0 Å². The molecule has 0 aromatic rings. The van der Waals surface area contributed by atoms with E-state index < -0.39 is 0 Å². The van der Waals surface area contributed by atoms with Gasteiger partial charge < -0.3 is 21.3 Å². The van der Waals surface area contributed by atoms with E-state index >= 15 is 0 Å². The van der Waals surface area contributed by atoms with E-state index in [2.05, 4.69) is 361 Å². The number of nitrogens with one attached hydrogen (secondary N) is 4. The largest absolute Gasteiger partial charge is 0.316 e. The first-order valence-electron chi connectivity index (χ1n) is 49.7. The Labute approximate surface area is 799 Å². The zero-order chi connectivity index (χ0) is 90.4. The molecule has 0 amide bonds. The van der Waals surface area contributed by atoms with Crippen molar-refractivity contribution in [2.45, 2.75) is 489 Å². The zero-order valence-electron chi connectivity index (χ0n) is 88.3. The van der Waals surface area contributed by atoms with E-state index in [1.165, 1.54) is 267 Å². The van der Waals surface area contributed by atoms with Crippen LogP contribution in [0.25, 0.3) is 0 Å². The number of piperidine rings is 4. The van der Waals surface area contributed by atoms with E-state index in [1.54, 1.807) is 0 Å². The Hall–Kier alpha value is -0.560. The highest BCUT2D eigenvalue weighted by Crippen LogP contribution is 2.49. The minimum absolute atomic E-state index is 0. The monoisotopic (exact) mass is 1790 g/mol. The molecule has 4 N–H and O–H groups in total. The highest BCUT2D eigenvalue weighted by atomic mass is 15.4. The second-order valence-electron chi connectivity index (χ2n) is 54.3. The van der Waals surface area contributed by atoms with Crippen LogP contribution in [0, 0.1) is 61.6 Å². The number of likely N-dealkylation sites (tertiary alicyclic amines) is 10. The lowest BCUT2D eigenvalue weighted by molar-refractivity contribution is -0.167. The summed E-state index contributed by atoms with van der Waals surface area (Å²) in [5.74, 6) is 3.33. The van der Waals surface area contributed by atoms with Gasteiger partial charge in [0, 0.05) is 183 Å². The summed E-state index contributed by atoms with van der Waals surface area (Å²) in [6.45, 7) is 132. The average Bonchev–Trinajstić information content (AvgIpc) is 1.17. The second kappa shape index (κ2) is 53.4. The fourth-order valence-electron chi connectivity index (χ4n) is 19.9. The van der Waals surface area contributed by atoms with Gasteiger partial charge in [-0.3, -0.25) is 49.0 Å². The van der Waals surface area contributed by atoms with Gasteiger partial charge in [-0.05, 0) is 409 Å². The fraction of sp³-hybridized carbons (Fsp3) is 1.00. The topological polar surface area (TPSA) is 80.5 Å². The summed E-state index contributed by atoms with van der Waals surface area (Å²) in [4.78, 5) is 26.3. The van der Waals surface area contributed by atoms with E-state index in [0.717, 1.165) is 23.7 Å². The number of rotatable bonds is 0. The molecule has 7 spiro atoms. The fourth-order valence-corrected chi connectivity index (χ4v) is 19.9. The van der Waals surface area contributed by atoms with Crippen molar-refractivity contribution in [3.63, 3.8) is 0 Å². The molecule has 1 unspecified atom stereocenters. The van der Waals surface area contributed by atoms with E-state index in [-0.39, 0.29) is 59.4 Å². The summed E-state index contributed by atoms with van der Waals surface area (Å²) in [5, 5.41) is 14.0. The van der Waals surface area contributed by atoms with E-state index in [9.17, 15) is 0 Å². The van der Waals surface area contributed by atoms with Crippen LogP contribution in [0.1, 0.15) is 434 Å². The van der Waals surface area contributed by atoms with Gasteiger partial charge in [0.1, 0.15) is 0 Å². The first-order valence-corrected chi connectivity index (χ1v) is 49.7. The molecule has 14 nitrogen and oxygen atoms in total. The van der Waals surface area contributed by atoms with Crippen molar-refractivity contribution >= 4 is 0 Å². The lowest BCUT2D eigenvalue weighted by Crippen LogP contribution is -2.76. The maximum absolute atomic E-state index is 3.53. The highest BCUT2D eigenvalue weighted by molar-refractivity contribution is 5.11. The first-order chi connectivity index (χ1) is 53.4. The molecule has 14 rings (SSSR count). The third kappa shape index (κ3) is 44.3. The third-order valence-electron chi connectivity index (χ3n) is 28.5. The Balaban J connectivity index is -0.000000435. The van der Waals surface area contributed by atoms with Crippen LogP contribution in [0.5, 0.6) is 0 Å².